The Morgan fingerprint density at radius 3 is 2.55 bits per heavy atom. The maximum absolute atomic E-state index is 6.44. The van der Waals surface area contributed by atoms with E-state index in [9.17, 15) is 0 Å². The van der Waals surface area contributed by atoms with Gasteiger partial charge in [-0.05, 0) is 60.9 Å². The number of halogens is 2. The van der Waals surface area contributed by atoms with E-state index in [1.165, 1.54) is 24.8 Å². The first-order valence-electron chi connectivity index (χ1n) is 7.49. The van der Waals surface area contributed by atoms with Gasteiger partial charge in [-0.25, -0.2) is 0 Å². The second-order valence-corrected chi connectivity index (χ2v) is 7.61. The van der Waals surface area contributed by atoms with E-state index in [-0.39, 0.29) is 5.41 Å². The molecule has 0 aromatic heterocycles. The van der Waals surface area contributed by atoms with Gasteiger partial charge >= 0.3 is 0 Å². The molecule has 1 fully saturated rings. The average molecular weight is 314 g/mol. The molecule has 3 heteroatoms. The molecule has 0 saturated heterocycles. The SMILES string of the molecule is CNC1CC(C)CCC1C(C)(C)c1cc(Cl)ccc1Cl. The number of hydrogen-bond acceptors (Lipinski definition) is 1. The summed E-state index contributed by atoms with van der Waals surface area (Å²) in [6.07, 6.45) is 3.77. The Kier molecular flexibility index (Phi) is 5.05. The predicted molar refractivity (Wildman–Crippen MR) is 88.8 cm³/mol. The Morgan fingerprint density at radius 1 is 1.20 bits per heavy atom. The van der Waals surface area contributed by atoms with Gasteiger partial charge in [0.1, 0.15) is 0 Å². The van der Waals surface area contributed by atoms with Crippen molar-refractivity contribution in [1.82, 2.24) is 5.32 Å². The molecule has 1 aromatic rings. The molecule has 1 N–H and O–H groups in total. The van der Waals surface area contributed by atoms with Gasteiger partial charge < -0.3 is 5.32 Å². The molecule has 112 valence electrons. The first-order chi connectivity index (χ1) is 9.36. The molecule has 0 aliphatic heterocycles. The summed E-state index contributed by atoms with van der Waals surface area (Å²) in [5.41, 5.74) is 1.20. The summed E-state index contributed by atoms with van der Waals surface area (Å²) in [7, 11) is 2.07. The highest BCUT2D eigenvalue weighted by Gasteiger charge is 2.40. The fourth-order valence-corrected chi connectivity index (χ4v) is 4.29. The van der Waals surface area contributed by atoms with Crippen LogP contribution in [-0.4, -0.2) is 13.1 Å². The maximum atomic E-state index is 6.44. The third-order valence-electron chi connectivity index (χ3n) is 5.03. The largest absolute Gasteiger partial charge is 0.317 e. The molecule has 3 atom stereocenters. The molecule has 1 aliphatic rings. The van der Waals surface area contributed by atoms with Crippen LogP contribution in [0, 0.1) is 11.8 Å². The van der Waals surface area contributed by atoms with Crippen molar-refractivity contribution in [2.45, 2.75) is 51.5 Å². The Labute approximate surface area is 133 Å². The van der Waals surface area contributed by atoms with E-state index >= 15 is 0 Å². The summed E-state index contributed by atoms with van der Waals surface area (Å²) in [5.74, 6) is 1.38. The molecule has 1 saturated carbocycles. The Balaban J connectivity index is 2.35. The van der Waals surface area contributed by atoms with E-state index in [0.717, 1.165) is 16.0 Å². The van der Waals surface area contributed by atoms with E-state index in [0.29, 0.717) is 12.0 Å². The highest BCUT2D eigenvalue weighted by atomic mass is 35.5. The van der Waals surface area contributed by atoms with Crippen molar-refractivity contribution >= 4 is 23.2 Å². The lowest BCUT2D eigenvalue weighted by Crippen LogP contribution is -2.47. The number of hydrogen-bond donors (Lipinski definition) is 1. The van der Waals surface area contributed by atoms with Gasteiger partial charge in [-0.1, -0.05) is 50.4 Å². The molecule has 0 heterocycles. The minimum Gasteiger partial charge on any atom is -0.317 e. The quantitative estimate of drug-likeness (QED) is 0.799. The standard InChI is InChI=1S/C17H25Cl2N/c1-11-5-7-13(16(9-11)20-4)17(2,3)14-10-12(18)6-8-15(14)19/h6,8,10-11,13,16,20H,5,7,9H2,1-4H3. The smallest absolute Gasteiger partial charge is 0.0444 e. The molecular weight excluding hydrogens is 289 g/mol. The van der Waals surface area contributed by atoms with Crippen LogP contribution in [0.15, 0.2) is 18.2 Å². The zero-order chi connectivity index (χ0) is 14.9. The molecule has 0 radical (unpaired) electrons. The third-order valence-corrected chi connectivity index (χ3v) is 5.60. The van der Waals surface area contributed by atoms with Gasteiger partial charge in [-0.15, -0.1) is 0 Å². The molecule has 0 bridgehead atoms. The lowest BCUT2D eigenvalue weighted by atomic mass is 9.63. The van der Waals surface area contributed by atoms with Crippen LogP contribution in [0.4, 0.5) is 0 Å². The summed E-state index contributed by atoms with van der Waals surface area (Å²) in [6.45, 7) is 6.95. The highest BCUT2D eigenvalue weighted by molar-refractivity contribution is 6.33. The summed E-state index contributed by atoms with van der Waals surface area (Å²) < 4.78 is 0. The Morgan fingerprint density at radius 2 is 1.90 bits per heavy atom. The zero-order valence-electron chi connectivity index (χ0n) is 12.8. The van der Waals surface area contributed by atoms with Crippen LogP contribution < -0.4 is 5.32 Å². The third kappa shape index (κ3) is 3.16. The van der Waals surface area contributed by atoms with Crippen molar-refractivity contribution in [3.63, 3.8) is 0 Å². The second-order valence-electron chi connectivity index (χ2n) is 6.77. The fourth-order valence-electron chi connectivity index (χ4n) is 3.75. The molecule has 1 aromatic carbocycles. The summed E-state index contributed by atoms with van der Waals surface area (Å²) >= 11 is 12.6. The molecule has 20 heavy (non-hydrogen) atoms. The van der Waals surface area contributed by atoms with Crippen molar-refractivity contribution < 1.29 is 0 Å². The normalized spacial score (nSPS) is 27.6. The van der Waals surface area contributed by atoms with Crippen LogP contribution in [0.2, 0.25) is 10.0 Å². The van der Waals surface area contributed by atoms with Crippen LogP contribution in [0.3, 0.4) is 0 Å². The van der Waals surface area contributed by atoms with E-state index in [2.05, 4.69) is 33.1 Å². The van der Waals surface area contributed by atoms with Gasteiger partial charge in [-0.2, -0.15) is 0 Å². The van der Waals surface area contributed by atoms with Crippen molar-refractivity contribution in [2.75, 3.05) is 7.05 Å². The minimum atomic E-state index is 0.0236. The zero-order valence-corrected chi connectivity index (χ0v) is 14.4. The van der Waals surface area contributed by atoms with E-state index in [1.807, 2.05) is 18.2 Å². The van der Waals surface area contributed by atoms with Crippen molar-refractivity contribution in [3.8, 4) is 0 Å². The van der Waals surface area contributed by atoms with E-state index in [4.69, 9.17) is 23.2 Å². The van der Waals surface area contributed by atoms with Gasteiger partial charge in [0.15, 0.2) is 0 Å². The first-order valence-corrected chi connectivity index (χ1v) is 8.24. The van der Waals surface area contributed by atoms with E-state index < -0.39 is 0 Å². The highest BCUT2D eigenvalue weighted by Crippen LogP contribution is 2.44. The van der Waals surface area contributed by atoms with Gasteiger partial charge in [0.05, 0.1) is 0 Å². The molecule has 0 spiro atoms. The lowest BCUT2D eigenvalue weighted by molar-refractivity contribution is 0.151. The Bertz CT molecular complexity index is 470. The van der Waals surface area contributed by atoms with Crippen molar-refractivity contribution in [2.24, 2.45) is 11.8 Å². The molecule has 2 rings (SSSR count). The number of benzene rings is 1. The molecule has 3 unspecified atom stereocenters. The summed E-state index contributed by atoms with van der Waals surface area (Å²) in [5, 5.41) is 5.11. The second kappa shape index (κ2) is 6.25. The van der Waals surface area contributed by atoms with Gasteiger partial charge in [0.2, 0.25) is 0 Å². The van der Waals surface area contributed by atoms with Crippen LogP contribution in [-0.2, 0) is 5.41 Å². The van der Waals surface area contributed by atoms with Crippen LogP contribution >= 0.6 is 23.2 Å². The average Bonchev–Trinajstić information content (AvgIpc) is 2.40. The molecule has 1 nitrogen and oxygen atoms in total. The molecule has 1 aliphatic carbocycles. The molecule has 0 amide bonds. The van der Waals surface area contributed by atoms with E-state index in [1.54, 1.807) is 0 Å². The lowest BCUT2D eigenvalue weighted by Gasteiger charge is -2.45. The number of rotatable bonds is 3. The minimum absolute atomic E-state index is 0.0236. The maximum Gasteiger partial charge on any atom is 0.0444 e. The topological polar surface area (TPSA) is 12.0 Å². The van der Waals surface area contributed by atoms with Crippen molar-refractivity contribution in [1.29, 1.82) is 0 Å². The van der Waals surface area contributed by atoms with Crippen LogP contribution in [0.25, 0.3) is 0 Å². The first kappa shape index (κ1) is 16.1. The number of nitrogens with one attached hydrogen (secondary N) is 1. The Hall–Kier alpha value is -0.240. The van der Waals surface area contributed by atoms with Gasteiger partial charge in [0, 0.05) is 16.1 Å². The summed E-state index contributed by atoms with van der Waals surface area (Å²) in [4.78, 5) is 0. The molecular formula is C17H25Cl2N. The van der Waals surface area contributed by atoms with Gasteiger partial charge in [0.25, 0.3) is 0 Å². The van der Waals surface area contributed by atoms with Gasteiger partial charge in [-0.3, -0.25) is 0 Å². The fraction of sp³-hybridized carbons (Fsp3) is 0.647. The van der Waals surface area contributed by atoms with Crippen molar-refractivity contribution in [3.05, 3.63) is 33.8 Å². The van der Waals surface area contributed by atoms with Crippen LogP contribution in [0.5, 0.6) is 0 Å². The van der Waals surface area contributed by atoms with Crippen LogP contribution in [0.1, 0.15) is 45.6 Å². The summed E-state index contributed by atoms with van der Waals surface area (Å²) in [6, 6.07) is 6.36. The monoisotopic (exact) mass is 313 g/mol. The predicted octanol–water partition coefficient (Wildman–Crippen LogP) is 5.30.